The van der Waals surface area contributed by atoms with Crippen molar-refractivity contribution in [1.82, 2.24) is 5.32 Å². The van der Waals surface area contributed by atoms with Gasteiger partial charge in [0.2, 0.25) is 5.91 Å². The van der Waals surface area contributed by atoms with Crippen LogP contribution in [0.15, 0.2) is 0 Å². The van der Waals surface area contributed by atoms with E-state index in [-0.39, 0.29) is 16.9 Å². The monoisotopic (exact) mass is 255 g/mol. The minimum Gasteiger partial charge on any atom is -0.350 e. The lowest BCUT2D eigenvalue weighted by Gasteiger charge is -2.38. The molecule has 0 aromatic rings. The lowest BCUT2D eigenvalue weighted by atomic mass is 9.78. The van der Waals surface area contributed by atoms with Crippen molar-refractivity contribution in [2.45, 2.75) is 74.3 Å². The summed E-state index contributed by atoms with van der Waals surface area (Å²) in [6, 6.07) is 0. The Kier molecular flexibility index (Phi) is 5.90. The Morgan fingerprint density at radius 3 is 1.78 bits per heavy atom. The molecule has 0 spiro atoms. The molecule has 0 aromatic heterocycles. The summed E-state index contributed by atoms with van der Waals surface area (Å²) in [6.45, 7) is 19.3. The number of nitrogens with one attached hydrogen (secondary N) is 1. The third-order valence-corrected chi connectivity index (χ3v) is 4.11. The van der Waals surface area contributed by atoms with Crippen molar-refractivity contribution in [3.05, 3.63) is 0 Å². The van der Waals surface area contributed by atoms with Crippen LogP contribution in [0.4, 0.5) is 0 Å². The Hall–Kier alpha value is -0.530. The van der Waals surface area contributed by atoms with Crippen LogP contribution in [-0.2, 0) is 4.79 Å². The Morgan fingerprint density at radius 2 is 1.44 bits per heavy atom. The third kappa shape index (κ3) is 4.99. The van der Waals surface area contributed by atoms with Gasteiger partial charge in [-0.2, -0.15) is 0 Å². The van der Waals surface area contributed by atoms with Crippen LogP contribution in [0, 0.1) is 23.2 Å². The van der Waals surface area contributed by atoms with Crippen LogP contribution in [0.3, 0.4) is 0 Å². The van der Waals surface area contributed by atoms with Crippen LogP contribution >= 0.6 is 0 Å². The maximum Gasteiger partial charge on any atom is 0.226 e. The minimum atomic E-state index is -0.290. The molecule has 0 aliphatic carbocycles. The highest BCUT2D eigenvalue weighted by atomic mass is 16.2. The summed E-state index contributed by atoms with van der Waals surface area (Å²) in [7, 11) is 0. The average molecular weight is 255 g/mol. The van der Waals surface area contributed by atoms with Crippen molar-refractivity contribution in [1.29, 1.82) is 0 Å². The first kappa shape index (κ1) is 17.5. The fourth-order valence-corrected chi connectivity index (χ4v) is 2.52. The van der Waals surface area contributed by atoms with Gasteiger partial charge in [0.25, 0.3) is 0 Å². The lowest BCUT2D eigenvalue weighted by molar-refractivity contribution is -0.132. The first-order valence-electron chi connectivity index (χ1n) is 7.22. The van der Waals surface area contributed by atoms with Crippen molar-refractivity contribution in [3.63, 3.8) is 0 Å². The average Bonchev–Trinajstić information content (AvgIpc) is 2.13. The first-order chi connectivity index (χ1) is 7.90. The molecule has 1 unspecified atom stereocenters. The molecule has 0 aliphatic rings. The molecule has 2 heteroatoms. The summed E-state index contributed by atoms with van der Waals surface area (Å²) < 4.78 is 0. The van der Waals surface area contributed by atoms with Crippen LogP contribution < -0.4 is 5.32 Å². The maximum absolute atomic E-state index is 12.4. The van der Waals surface area contributed by atoms with E-state index in [9.17, 15) is 4.79 Å². The zero-order valence-electron chi connectivity index (χ0n) is 13.8. The molecule has 0 aliphatic heterocycles. The number of amides is 1. The Balaban J connectivity index is 4.74. The van der Waals surface area contributed by atoms with Gasteiger partial charge in [-0.15, -0.1) is 0 Å². The number of carbonyl (C=O) groups is 1. The van der Waals surface area contributed by atoms with Gasteiger partial charge in [0, 0.05) is 11.0 Å². The molecule has 2 nitrogen and oxygen atoms in total. The predicted molar refractivity (Wildman–Crippen MR) is 79.5 cm³/mol. The summed E-state index contributed by atoms with van der Waals surface area (Å²) in [6.07, 6.45) is 0.922. The van der Waals surface area contributed by atoms with Crippen molar-refractivity contribution >= 4 is 5.91 Å². The second-order valence-electron chi connectivity index (χ2n) is 7.69. The van der Waals surface area contributed by atoms with Gasteiger partial charge in [0.15, 0.2) is 0 Å². The molecule has 0 saturated carbocycles. The van der Waals surface area contributed by atoms with Crippen LogP contribution in [-0.4, -0.2) is 11.4 Å². The van der Waals surface area contributed by atoms with Crippen molar-refractivity contribution in [2.75, 3.05) is 0 Å². The number of hydrogen-bond donors (Lipinski definition) is 1. The van der Waals surface area contributed by atoms with E-state index >= 15 is 0 Å². The smallest absolute Gasteiger partial charge is 0.226 e. The summed E-state index contributed by atoms with van der Waals surface area (Å²) in [5.74, 6) is 1.73. The van der Waals surface area contributed by atoms with Gasteiger partial charge >= 0.3 is 0 Å². The fraction of sp³-hybridized carbons (Fsp3) is 0.938. The van der Waals surface area contributed by atoms with Crippen molar-refractivity contribution in [2.24, 2.45) is 23.2 Å². The predicted octanol–water partition coefficient (Wildman–Crippen LogP) is 4.25. The third-order valence-electron chi connectivity index (χ3n) is 4.11. The molecule has 1 N–H and O–H groups in total. The van der Waals surface area contributed by atoms with E-state index in [1.54, 1.807) is 0 Å². The van der Waals surface area contributed by atoms with Crippen LogP contribution in [0.5, 0.6) is 0 Å². The maximum atomic E-state index is 12.4. The van der Waals surface area contributed by atoms with E-state index in [1.165, 1.54) is 0 Å². The molecule has 0 radical (unpaired) electrons. The van der Waals surface area contributed by atoms with Gasteiger partial charge in [0.1, 0.15) is 0 Å². The van der Waals surface area contributed by atoms with Crippen LogP contribution in [0.2, 0.25) is 0 Å². The molecule has 0 bridgehead atoms. The molecule has 0 fully saturated rings. The van der Waals surface area contributed by atoms with Gasteiger partial charge in [-0.25, -0.2) is 0 Å². The normalized spacial score (nSPS) is 15.1. The molecule has 0 rings (SSSR count). The number of carbonyl (C=O) groups excluding carboxylic acids is 1. The molecule has 0 aromatic carbocycles. The van der Waals surface area contributed by atoms with E-state index < -0.39 is 0 Å². The van der Waals surface area contributed by atoms with Crippen LogP contribution in [0.1, 0.15) is 68.7 Å². The highest BCUT2D eigenvalue weighted by molar-refractivity contribution is 5.82. The lowest BCUT2D eigenvalue weighted by Crippen LogP contribution is -2.53. The zero-order valence-corrected chi connectivity index (χ0v) is 13.8. The highest BCUT2D eigenvalue weighted by Gasteiger charge is 2.35. The fourth-order valence-electron chi connectivity index (χ4n) is 2.52. The Morgan fingerprint density at radius 1 is 1.00 bits per heavy atom. The molecular formula is C16H33NO. The highest BCUT2D eigenvalue weighted by Crippen LogP contribution is 2.29. The Labute approximate surface area is 114 Å². The Bertz CT molecular complexity index is 277. The van der Waals surface area contributed by atoms with E-state index in [2.05, 4.69) is 53.8 Å². The summed E-state index contributed by atoms with van der Waals surface area (Å²) in [5.41, 5.74) is -0.443. The van der Waals surface area contributed by atoms with Crippen LogP contribution in [0.25, 0.3) is 0 Å². The SMILES string of the molecule is CC(C)CC(C)(C)C(=O)NC(C)(C)C(C)C(C)C. The van der Waals surface area contributed by atoms with E-state index in [1.807, 2.05) is 13.8 Å². The van der Waals surface area contributed by atoms with E-state index in [0.717, 1.165) is 6.42 Å². The van der Waals surface area contributed by atoms with Gasteiger partial charge in [0.05, 0.1) is 0 Å². The first-order valence-corrected chi connectivity index (χ1v) is 7.22. The molecule has 1 amide bonds. The van der Waals surface area contributed by atoms with Gasteiger partial charge in [-0.1, -0.05) is 48.5 Å². The standard InChI is InChI=1S/C16H33NO/c1-11(2)10-15(6,7)14(18)17-16(8,9)13(5)12(3)4/h11-13H,10H2,1-9H3,(H,17,18). The van der Waals surface area contributed by atoms with Crippen molar-refractivity contribution < 1.29 is 4.79 Å². The molecule has 108 valence electrons. The van der Waals surface area contributed by atoms with Crippen molar-refractivity contribution in [3.8, 4) is 0 Å². The van der Waals surface area contributed by atoms with E-state index in [4.69, 9.17) is 0 Å². The summed E-state index contributed by atoms with van der Waals surface area (Å²) >= 11 is 0. The summed E-state index contributed by atoms with van der Waals surface area (Å²) in [5, 5.41) is 3.24. The second kappa shape index (κ2) is 6.08. The number of rotatable bonds is 6. The zero-order chi connectivity index (χ0) is 14.7. The van der Waals surface area contributed by atoms with Gasteiger partial charge < -0.3 is 5.32 Å². The largest absolute Gasteiger partial charge is 0.350 e. The number of hydrogen-bond acceptors (Lipinski definition) is 1. The molecular weight excluding hydrogens is 222 g/mol. The topological polar surface area (TPSA) is 29.1 Å². The molecule has 18 heavy (non-hydrogen) atoms. The summed E-state index contributed by atoms with van der Waals surface area (Å²) in [4.78, 5) is 12.4. The van der Waals surface area contributed by atoms with Gasteiger partial charge in [-0.05, 0) is 38.0 Å². The molecule has 1 atom stereocenters. The molecule has 0 saturated heterocycles. The molecule has 0 heterocycles. The minimum absolute atomic E-state index is 0.153. The van der Waals surface area contributed by atoms with Gasteiger partial charge in [-0.3, -0.25) is 4.79 Å². The quantitative estimate of drug-likeness (QED) is 0.755. The van der Waals surface area contributed by atoms with E-state index in [0.29, 0.717) is 17.8 Å². The second-order valence-corrected chi connectivity index (χ2v) is 7.69.